The minimum absolute atomic E-state index is 0.00902. The predicted molar refractivity (Wildman–Crippen MR) is 102 cm³/mol. The van der Waals surface area contributed by atoms with Gasteiger partial charge in [-0.2, -0.15) is 0 Å². The Morgan fingerprint density at radius 2 is 1.81 bits per heavy atom. The van der Waals surface area contributed by atoms with Gasteiger partial charge in [0.1, 0.15) is 5.82 Å². The van der Waals surface area contributed by atoms with Crippen LogP contribution in [-0.4, -0.2) is 41.3 Å². The fourth-order valence-corrected chi connectivity index (χ4v) is 3.05. The highest BCUT2D eigenvalue weighted by molar-refractivity contribution is 5.93. The van der Waals surface area contributed by atoms with Crippen molar-refractivity contribution in [3.8, 4) is 0 Å². The summed E-state index contributed by atoms with van der Waals surface area (Å²) in [5.74, 6) is 0.537. The molecular weight excluding hydrogens is 328 g/mol. The number of nitrogens with zero attached hydrogens (tertiary/aromatic N) is 2. The van der Waals surface area contributed by atoms with Gasteiger partial charge in [0.25, 0.3) is 0 Å². The van der Waals surface area contributed by atoms with E-state index in [9.17, 15) is 9.59 Å². The molecule has 0 radical (unpaired) electrons. The Balaban J connectivity index is 1.42. The largest absolute Gasteiger partial charge is 0.325 e. The summed E-state index contributed by atoms with van der Waals surface area (Å²) in [5, 5.41) is 5.77. The number of pyridine rings is 1. The Bertz CT molecular complexity index is 738. The molecule has 1 aromatic heterocycles. The van der Waals surface area contributed by atoms with Crippen molar-refractivity contribution in [2.75, 3.05) is 30.3 Å². The number of aromatic nitrogens is 1. The molecule has 1 saturated heterocycles. The summed E-state index contributed by atoms with van der Waals surface area (Å²) in [6.45, 7) is 3.79. The van der Waals surface area contributed by atoms with Crippen molar-refractivity contribution in [3.05, 3.63) is 54.2 Å². The molecule has 1 aliphatic heterocycles. The first-order valence-electron chi connectivity index (χ1n) is 8.91. The van der Waals surface area contributed by atoms with Crippen LogP contribution in [-0.2, 0) is 9.59 Å². The van der Waals surface area contributed by atoms with Crippen LogP contribution < -0.4 is 10.6 Å². The summed E-state index contributed by atoms with van der Waals surface area (Å²) in [7, 11) is 0. The molecule has 2 amide bonds. The van der Waals surface area contributed by atoms with E-state index in [0.29, 0.717) is 12.4 Å². The molecule has 1 aliphatic rings. The summed E-state index contributed by atoms with van der Waals surface area (Å²) in [6, 6.07) is 13.2. The van der Waals surface area contributed by atoms with Crippen molar-refractivity contribution in [2.24, 2.45) is 5.92 Å². The number of anilines is 2. The van der Waals surface area contributed by atoms with Crippen LogP contribution in [0, 0.1) is 12.8 Å². The van der Waals surface area contributed by atoms with Crippen molar-refractivity contribution in [3.63, 3.8) is 0 Å². The average Bonchev–Trinajstić information content (AvgIpc) is 2.65. The summed E-state index contributed by atoms with van der Waals surface area (Å²) >= 11 is 0. The van der Waals surface area contributed by atoms with Gasteiger partial charge in [-0.25, -0.2) is 4.98 Å². The quantitative estimate of drug-likeness (QED) is 0.868. The van der Waals surface area contributed by atoms with E-state index in [1.54, 1.807) is 6.20 Å². The van der Waals surface area contributed by atoms with Gasteiger partial charge in [0.05, 0.1) is 6.54 Å². The second kappa shape index (κ2) is 8.58. The van der Waals surface area contributed by atoms with Crippen molar-refractivity contribution >= 4 is 23.3 Å². The maximum Gasteiger partial charge on any atom is 0.238 e. The number of carbonyl (C=O) groups excluding carboxylic acids is 2. The third-order valence-electron chi connectivity index (χ3n) is 4.55. The number of hydrogen-bond acceptors (Lipinski definition) is 4. The molecule has 0 aliphatic carbocycles. The van der Waals surface area contributed by atoms with Crippen LogP contribution in [0.15, 0.2) is 48.7 Å². The minimum atomic E-state index is -0.0356. The monoisotopic (exact) mass is 352 g/mol. The molecule has 2 heterocycles. The number of piperidine rings is 1. The van der Waals surface area contributed by atoms with Crippen LogP contribution in [0.2, 0.25) is 0 Å². The zero-order chi connectivity index (χ0) is 18.4. The Morgan fingerprint density at radius 3 is 2.46 bits per heavy atom. The van der Waals surface area contributed by atoms with E-state index in [1.807, 2.05) is 49.4 Å². The first-order chi connectivity index (χ1) is 12.6. The normalized spacial score (nSPS) is 15.4. The van der Waals surface area contributed by atoms with Gasteiger partial charge in [-0.05, 0) is 56.6 Å². The first-order valence-corrected chi connectivity index (χ1v) is 8.91. The highest BCUT2D eigenvalue weighted by atomic mass is 16.2. The van der Waals surface area contributed by atoms with E-state index >= 15 is 0 Å². The smallest absolute Gasteiger partial charge is 0.238 e. The number of likely N-dealkylation sites (tertiary alicyclic amines) is 1. The fraction of sp³-hybridized carbons (Fsp3) is 0.350. The molecule has 0 unspecified atom stereocenters. The highest BCUT2D eigenvalue weighted by Crippen LogP contribution is 2.19. The molecular formula is C20H24N4O2. The van der Waals surface area contributed by atoms with E-state index in [-0.39, 0.29) is 17.7 Å². The second-order valence-corrected chi connectivity index (χ2v) is 6.67. The molecule has 26 heavy (non-hydrogen) atoms. The van der Waals surface area contributed by atoms with Gasteiger partial charge in [-0.3, -0.25) is 14.5 Å². The van der Waals surface area contributed by atoms with E-state index in [4.69, 9.17) is 0 Å². The number of amides is 2. The van der Waals surface area contributed by atoms with Crippen molar-refractivity contribution in [1.82, 2.24) is 9.88 Å². The highest BCUT2D eigenvalue weighted by Gasteiger charge is 2.26. The molecule has 0 atom stereocenters. The zero-order valence-electron chi connectivity index (χ0n) is 14.9. The summed E-state index contributed by atoms with van der Waals surface area (Å²) in [6.07, 6.45) is 3.23. The van der Waals surface area contributed by atoms with Crippen LogP contribution in [0.3, 0.4) is 0 Å². The topological polar surface area (TPSA) is 74.3 Å². The van der Waals surface area contributed by atoms with Gasteiger partial charge in [-0.1, -0.05) is 24.3 Å². The number of rotatable bonds is 5. The lowest BCUT2D eigenvalue weighted by molar-refractivity contribution is -0.121. The van der Waals surface area contributed by atoms with Crippen molar-refractivity contribution in [2.45, 2.75) is 19.8 Å². The van der Waals surface area contributed by atoms with Gasteiger partial charge < -0.3 is 10.6 Å². The number of aryl methyl sites for hydroxylation is 1. The Labute approximate surface area is 153 Å². The third-order valence-corrected chi connectivity index (χ3v) is 4.55. The molecule has 3 rings (SSSR count). The molecule has 6 heteroatoms. The fourth-order valence-electron chi connectivity index (χ4n) is 3.05. The molecule has 2 aromatic rings. The zero-order valence-corrected chi connectivity index (χ0v) is 14.9. The van der Waals surface area contributed by atoms with Gasteiger partial charge in [0.15, 0.2) is 0 Å². The number of nitrogens with one attached hydrogen (secondary N) is 2. The maximum atomic E-state index is 12.4. The number of carbonyl (C=O) groups is 2. The lowest BCUT2D eigenvalue weighted by Gasteiger charge is -2.30. The second-order valence-electron chi connectivity index (χ2n) is 6.67. The molecule has 0 spiro atoms. The van der Waals surface area contributed by atoms with E-state index < -0.39 is 0 Å². The molecule has 0 saturated carbocycles. The standard InChI is InChI=1S/C20H24N4O2/c1-15-7-8-18(21-13-15)23-20(26)16-9-11-24(12-10-16)14-19(25)22-17-5-3-2-4-6-17/h2-8,13,16H,9-12,14H2,1H3,(H,22,25)(H,21,23,26). The minimum Gasteiger partial charge on any atom is -0.325 e. The van der Waals surface area contributed by atoms with E-state index in [0.717, 1.165) is 37.2 Å². The van der Waals surface area contributed by atoms with Crippen LogP contribution in [0.1, 0.15) is 18.4 Å². The van der Waals surface area contributed by atoms with Crippen molar-refractivity contribution in [1.29, 1.82) is 0 Å². The Hall–Kier alpha value is -2.73. The van der Waals surface area contributed by atoms with Crippen LogP contribution in [0.5, 0.6) is 0 Å². The predicted octanol–water partition coefficient (Wildman–Crippen LogP) is 2.68. The van der Waals surface area contributed by atoms with Crippen LogP contribution >= 0.6 is 0 Å². The molecule has 1 aromatic carbocycles. The summed E-state index contributed by atoms with van der Waals surface area (Å²) in [5.41, 5.74) is 1.86. The maximum absolute atomic E-state index is 12.4. The Morgan fingerprint density at radius 1 is 1.08 bits per heavy atom. The van der Waals surface area contributed by atoms with E-state index in [2.05, 4.69) is 20.5 Å². The van der Waals surface area contributed by atoms with E-state index in [1.165, 1.54) is 0 Å². The van der Waals surface area contributed by atoms with Gasteiger partial charge >= 0.3 is 0 Å². The Kier molecular flexibility index (Phi) is 5.96. The van der Waals surface area contributed by atoms with Crippen LogP contribution in [0.25, 0.3) is 0 Å². The average molecular weight is 352 g/mol. The number of hydrogen-bond donors (Lipinski definition) is 2. The molecule has 1 fully saturated rings. The molecule has 2 N–H and O–H groups in total. The van der Waals surface area contributed by atoms with Gasteiger partial charge in [-0.15, -0.1) is 0 Å². The number of benzene rings is 1. The lowest BCUT2D eigenvalue weighted by atomic mass is 9.96. The van der Waals surface area contributed by atoms with Gasteiger partial charge in [0.2, 0.25) is 11.8 Å². The van der Waals surface area contributed by atoms with Gasteiger partial charge in [0, 0.05) is 17.8 Å². The molecule has 136 valence electrons. The van der Waals surface area contributed by atoms with Crippen LogP contribution in [0.4, 0.5) is 11.5 Å². The lowest BCUT2D eigenvalue weighted by Crippen LogP contribution is -2.41. The third kappa shape index (κ3) is 5.13. The summed E-state index contributed by atoms with van der Waals surface area (Å²) in [4.78, 5) is 30.8. The van der Waals surface area contributed by atoms with Crippen molar-refractivity contribution < 1.29 is 9.59 Å². The SMILES string of the molecule is Cc1ccc(NC(=O)C2CCN(CC(=O)Nc3ccccc3)CC2)nc1. The first kappa shape index (κ1) is 18.1. The summed E-state index contributed by atoms with van der Waals surface area (Å²) < 4.78 is 0. The molecule has 0 bridgehead atoms. The molecule has 6 nitrogen and oxygen atoms in total. The number of para-hydroxylation sites is 1.